The number of carbonyl (C=O) groups is 1. The van der Waals surface area contributed by atoms with Crippen molar-refractivity contribution in [3.8, 4) is 17.2 Å². The summed E-state index contributed by atoms with van der Waals surface area (Å²) >= 11 is 14.2. The minimum absolute atomic E-state index is 0.171. The molecule has 0 radical (unpaired) electrons. The van der Waals surface area contributed by atoms with Crippen molar-refractivity contribution >= 4 is 93.8 Å². The number of thiazole rings is 1. The molecular weight excluding hydrogens is 907 g/mol. The summed E-state index contributed by atoms with van der Waals surface area (Å²) in [5.74, 6) is 1.05. The molecule has 13 heteroatoms. The SMILES string of the molecule is CCOC(=O)C1=C(C)N=c2s/c(=C\c3cc(Br)cc(I)c3OCc3ccc(Br)cc3)c(=O)n2[C@@H]1c1cc(OC)c(OC)cc1Br. The van der Waals surface area contributed by atoms with Gasteiger partial charge in [0, 0.05) is 19.0 Å². The molecule has 5 rings (SSSR count). The first-order valence-corrected chi connectivity index (χ1v) is 17.8. The van der Waals surface area contributed by atoms with Gasteiger partial charge >= 0.3 is 5.97 Å². The summed E-state index contributed by atoms with van der Waals surface area (Å²) in [5.41, 5.74) is 2.76. The first-order valence-electron chi connectivity index (χ1n) is 13.5. The second kappa shape index (κ2) is 14.5. The van der Waals surface area contributed by atoms with Gasteiger partial charge in [-0.3, -0.25) is 9.36 Å². The van der Waals surface area contributed by atoms with Crippen molar-refractivity contribution in [2.24, 2.45) is 4.99 Å². The number of ether oxygens (including phenoxy) is 4. The molecule has 234 valence electrons. The molecule has 1 aromatic heterocycles. The highest BCUT2D eigenvalue weighted by Crippen LogP contribution is 2.41. The summed E-state index contributed by atoms with van der Waals surface area (Å²) in [5, 5.41) is 0. The van der Waals surface area contributed by atoms with Crippen molar-refractivity contribution in [1.29, 1.82) is 0 Å². The lowest BCUT2D eigenvalue weighted by Gasteiger charge is -2.26. The number of aromatic nitrogens is 1. The van der Waals surface area contributed by atoms with Crippen LogP contribution in [-0.2, 0) is 16.1 Å². The molecule has 1 aliphatic heterocycles. The maximum atomic E-state index is 14.3. The molecule has 45 heavy (non-hydrogen) atoms. The van der Waals surface area contributed by atoms with E-state index >= 15 is 0 Å². The van der Waals surface area contributed by atoms with Gasteiger partial charge < -0.3 is 18.9 Å². The number of carbonyl (C=O) groups excluding carboxylic acids is 1. The number of hydrogen-bond donors (Lipinski definition) is 0. The van der Waals surface area contributed by atoms with E-state index < -0.39 is 12.0 Å². The van der Waals surface area contributed by atoms with Crippen LogP contribution in [0.2, 0.25) is 0 Å². The summed E-state index contributed by atoms with van der Waals surface area (Å²) in [7, 11) is 3.07. The monoisotopic (exact) mass is 930 g/mol. The Kier molecular flexibility index (Phi) is 10.9. The zero-order valence-electron chi connectivity index (χ0n) is 24.5. The molecule has 8 nitrogen and oxygen atoms in total. The van der Waals surface area contributed by atoms with E-state index in [0.29, 0.717) is 48.9 Å². The number of fused-ring (bicyclic) bond motifs is 1. The molecule has 0 saturated carbocycles. The number of rotatable bonds is 9. The molecule has 0 fully saturated rings. The highest BCUT2D eigenvalue weighted by molar-refractivity contribution is 14.1. The van der Waals surface area contributed by atoms with Crippen molar-refractivity contribution in [3.05, 3.63) is 113 Å². The Bertz CT molecular complexity index is 2010. The zero-order chi connectivity index (χ0) is 32.4. The minimum Gasteiger partial charge on any atom is -0.493 e. The molecule has 3 aromatic carbocycles. The number of methoxy groups -OCH3 is 2. The molecule has 2 heterocycles. The lowest BCUT2D eigenvalue weighted by molar-refractivity contribution is -0.139. The van der Waals surface area contributed by atoms with Crippen molar-refractivity contribution < 1.29 is 23.7 Å². The average Bonchev–Trinajstić information content (AvgIpc) is 3.30. The second-order valence-electron chi connectivity index (χ2n) is 9.75. The number of benzene rings is 3. The number of nitrogens with zero attached hydrogens (tertiary/aromatic N) is 2. The molecule has 0 amide bonds. The maximum absolute atomic E-state index is 14.3. The van der Waals surface area contributed by atoms with Gasteiger partial charge in [0.2, 0.25) is 0 Å². The third-order valence-corrected chi connectivity index (χ3v) is 10.4. The van der Waals surface area contributed by atoms with E-state index in [9.17, 15) is 9.59 Å². The van der Waals surface area contributed by atoms with E-state index in [1.54, 1.807) is 39.2 Å². The van der Waals surface area contributed by atoms with Crippen LogP contribution in [0.4, 0.5) is 0 Å². The maximum Gasteiger partial charge on any atom is 0.338 e. The van der Waals surface area contributed by atoms with Gasteiger partial charge in [-0.05, 0) is 90.0 Å². The normalized spacial score (nSPS) is 14.6. The van der Waals surface area contributed by atoms with E-state index in [-0.39, 0.29) is 17.7 Å². The van der Waals surface area contributed by atoms with Crippen LogP contribution in [-0.4, -0.2) is 31.4 Å². The van der Waals surface area contributed by atoms with E-state index in [2.05, 4.69) is 70.4 Å². The van der Waals surface area contributed by atoms with Crippen LogP contribution in [0.1, 0.15) is 36.6 Å². The fraction of sp³-hybridized carbons (Fsp3) is 0.219. The Balaban J connectivity index is 1.69. The average molecular weight is 933 g/mol. The van der Waals surface area contributed by atoms with Crippen LogP contribution in [0.15, 0.2) is 83.0 Å². The van der Waals surface area contributed by atoms with E-state index in [1.165, 1.54) is 23.0 Å². The molecule has 0 spiro atoms. The largest absolute Gasteiger partial charge is 0.493 e. The third-order valence-electron chi connectivity index (χ3n) is 6.93. The molecule has 0 saturated heterocycles. The van der Waals surface area contributed by atoms with Gasteiger partial charge in [-0.1, -0.05) is 71.3 Å². The predicted octanol–water partition coefficient (Wildman–Crippen LogP) is 7.29. The highest BCUT2D eigenvalue weighted by Gasteiger charge is 2.35. The smallest absolute Gasteiger partial charge is 0.338 e. The van der Waals surface area contributed by atoms with Crippen LogP contribution >= 0.6 is 81.7 Å². The van der Waals surface area contributed by atoms with Gasteiger partial charge in [0.05, 0.1) is 46.2 Å². The van der Waals surface area contributed by atoms with Crippen LogP contribution < -0.4 is 29.1 Å². The number of allylic oxidation sites excluding steroid dienone is 1. The second-order valence-corrected chi connectivity index (χ2v) is 14.6. The van der Waals surface area contributed by atoms with E-state index in [1.807, 2.05) is 36.4 Å². The molecule has 1 aliphatic rings. The number of hydrogen-bond acceptors (Lipinski definition) is 8. The molecular formula is C32H26Br3IN2O6S. The van der Waals surface area contributed by atoms with Gasteiger partial charge in [-0.2, -0.15) is 0 Å². The Morgan fingerprint density at radius 3 is 2.40 bits per heavy atom. The summed E-state index contributed by atoms with van der Waals surface area (Å²) < 4.78 is 28.1. The number of halogens is 4. The summed E-state index contributed by atoms with van der Waals surface area (Å²) in [6.45, 7) is 4.00. The van der Waals surface area contributed by atoms with Gasteiger partial charge in [0.1, 0.15) is 12.4 Å². The molecule has 4 aromatic rings. The highest BCUT2D eigenvalue weighted by atomic mass is 127. The van der Waals surface area contributed by atoms with E-state index in [0.717, 1.165) is 23.6 Å². The lowest BCUT2D eigenvalue weighted by atomic mass is 9.95. The zero-order valence-corrected chi connectivity index (χ0v) is 32.2. The fourth-order valence-corrected chi connectivity index (χ4v) is 8.43. The first kappa shape index (κ1) is 33.9. The van der Waals surface area contributed by atoms with Gasteiger partial charge in [0.25, 0.3) is 5.56 Å². The van der Waals surface area contributed by atoms with Crippen LogP contribution in [0.3, 0.4) is 0 Å². The molecule has 0 bridgehead atoms. The Morgan fingerprint density at radius 1 is 1.04 bits per heavy atom. The topological polar surface area (TPSA) is 88.4 Å². The molecule has 0 unspecified atom stereocenters. The van der Waals surface area contributed by atoms with Gasteiger partial charge in [-0.25, -0.2) is 9.79 Å². The number of esters is 1. The van der Waals surface area contributed by atoms with Crippen molar-refractivity contribution in [2.45, 2.75) is 26.5 Å². The van der Waals surface area contributed by atoms with Crippen molar-refractivity contribution in [2.75, 3.05) is 20.8 Å². The Morgan fingerprint density at radius 2 is 1.73 bits per heavy atom. The minimum atomic E-state index is -0.840. The lowest BCUT2D eigenvalue weighted by Crippen LogP contribution is -2.40. The summed E-state index contributed by atoms with van der Waals surface area (Å²) in [6.07, 6.45) is 1.80. The summed E-state index contributed by atoms with van der Waals surface area (Å²) in [6, 6.07) is 14.4. The van der Waals surface area contributed by atoms with E-state index in [4.69, 9.17) is 23.9 Å². The first-order chi connectivity index (χ1) is 21.6. The molecule has 0 N–H and O–H groups in total. The van der Waals surface area contributed by atoms with Gasteiger partial charge in [-0.15, -0.1) is 0 Å². The fourth-order valence-electron chi connectivity index (χ4n) is 4.88. The molecule has 1 atom stereocenters. The molecule has 0 aliphatic carbocycles. The quantitative estimate of drug-likeness (QED) is 0.130. The Labute approximate surface area is 302 Å². The van der Waals surface area contributed by atoms with Crippen LogP contribution in [0, 0.1) is 3.57 Å². The third kappa shape index (κ3) is 7.11. The standard InChI is InChI=1S/C32H26Br3IN2O6S/c1-5-43-31(40)27-16(2)37-32-38(28(27)21-13-24(41-3)25(42-4)14-22(21)35)30(39)26(45-32)11-18-10-20(34)12-23(36)29(18)44-15-17-6-8-19(33)9-7-17/h6-14,28H,5,15H2,1-4H3/b26-11-/t28-/m1/s1. The van der Waals surface area contributed by atoms with Crippen molar-refractivity contribution in [1.82, 2.24) is 4.57 Å². The van der Waals surface area contributed by atoms with Crippen LogP contribution in [0.5, 0.6) is 17.2 Å². The predicted molar refractivity (Wildman–Crippen MR) is 193 cm³/mol. The van der Waals surface area contributed by atoms with Crippen molar-refractivity contribution in [3.63, 3.8) is 0 Å². The van der Waals surface area contributed by atoms with Gasteiger partial charge in [0.15, 0.2) is 16.3 Å². The Hall–Kier alpha value is -2.46. The summed E-state index contributed by atoms with van der Waals surface area (Å²) in [4.78, 5) is 32.8. The van der Waals surface area contributed by atoms with Crippen LogP contribution in [0.25, 0.3) is 6.08 Å².